The van der Waals surface area contributed by atoms with E-state index in [4.69, 9.17) is 20.1 Å². The first-order chi connectivity index (χ1) is 15.3. The van der Waals surface area contributed by atoms with Gasteiger partial charge in [0.25, 0.3) is 0 Å². The summed E-state index contributed by atoms with van der Waals surface area (Å²) >= 11 is 0. The SMILES string of the molecule is O=C(CCCSSCCCC(=O)Nc1cccc(B(O)O)c1)Nc1cccc(B(O)O)c1. The zero-order valence-corrected chi connectivity index (χ0v) is 19.1. The summed E-state index contributed by atoms with van der Waals surface area (Å²) < 4.78 is 0. The molecule has 0 aliphatic heterocycles. The number of nitrogens with one attached hydrogen (secondary N) is 2. The topological polar surface area (TPSA) is 139 Å². The third kappa shape index (κ3) is 10.1. The molecule has 12 heteroatoms. The van der Waals surface area contributed by atoms with Crippen molar-refractivity contribution < 1.29 is 29.7 Å². The first-order valence-electron chi connectivity index (χ1n) is 10.1. The number of amides is 2. The van der Waals surface area contributed by atoms with Crippen LogP contribution in [0, 0.1) is 0 Å². The summed E-state index contributed by atoms with van der Waals surface area (Å²) in [5, 5.41) is 42.2. The number of carbonyl (C=O) groups excluding carboxylic acids is 2. The monoisotopic (exact) mass is 476 g/mol. The summed E-state index contributed by atoms with van der Waals surface area (Å²) in [6.45, 7) is 0. The Balaban J connectivity index is 1.52. The molecule has 0 radical (unpaired) electrons. The Bertz CT molecular complexity index is 817. The van der Waals surface area contributed by atoms with Gasteiger partial charge in [0.1, 0.15) is 0 Å². The maximum absolute atomic E-state index is 12.0. The van der Waals surface area contributed by atoms with Crippen LogP contribution >= 0.6 is 21.6 Å². The molecule has 8 nitrogen and oxygen atoms in total. The van der Waals surface area contributed by atoms with Crippen molar-refractivity contribution in [2.24, 2.45) is 0 Å². The molecule has 0 aliphatic carbocycles. The standard InChI is InChI=1S/C20H26B2N2O6S2/c25-19(23-17-7-1-5-15(13-17)21(27)28)9-3-11-31-32-12-4-10-20(26)24-18-8-2-6-16(14-18)22(29)30/h1-2,5-8,13-14,27-30H,3-4,9-12H2,(H,23,25)(H,24,26). The lowest BCUT2D eigenvalue weighted by molar-refractivity contribution is -0.117. The second-order valence-electron chi connectivity index (χ2n) is 6.95. The fourth-order valence-electron chi connectivity index (χ4n) is 2.70. The van der Waals surface area contributed by atoms with Gasteiger partial charge < -0.3 is 30.7 Å². The van der Waals surface area contributed by atoms with Crippen molar-refractivity contribution in [2.45, 2.75) is 25.7 Å². The minimum atomic E-state index is -1.57. The van der Waals surface area contributed by atoms with E-state index in [0.29, 0.717) is 48.0 Å². The predicted octanol–water partition coefficient (Wildman–Crippen LogP) is 0.565. The summed E-state index contributed by atoms with van der Waals surface area (Å²) in [5.41, 5.74) is 1.70. The molecular weight excluding hydrogens is 450 g/mol. The molecule has 32 heavy (non-hydrogen) atoms. The third-order valence-electron chi connectivity index (χ3n) is 4.28. The van der Waals surface area contributed by atoms with E-state index in [-0.39, 0.29) is 11.8 Å². The maximum atomic E-state index is 12.0. The van der Waals surface area contributed by atoms with Crippen LogP contribution in [0.1, 0.15) is 25.7 Å². The van der Waals surface area contributed by atoms with Crippen LogP contribution in [0.2, 0.25) is 0 Å². The summed E-state index contributed by atoms with van der Waals surface area (Å²) in [5.74, 6) is 1.34. The Labute approximate surface area is 195 Å². The zero-order chi connectivity index (χ0) is 23.3. The quantitative estimate of drug-likeness (QED) is 0.140. The minimum absolute atomic E-state index is 0.130. The molecule has 0 atom stereocenters. The number of rotatable bonds is 13. The first kappa shape index (κ1) is 26.3. The van der Waals surface area contributed by atoms with Gasteiger partial charge in [-0.15, -0.1) is 0 Å². The summed E-state index contributed by atoms with van der Waals surface area (Å²) in [6, 6.07) is 12.9. The van der Waals surface area contributed by atoms with Crippen molar-refractivity contribution in [2.75, 3.05) is 22.1 Å². The second kappa shape index (κ2) is 14.2. The highest BCUT2D eigenvalue weighted by Gasteiger charge is 2.12. The fourth-order valence-corrected chi connectivity index (χ4v) is 4.88. The molecule has 0 saturated carbocycles. The largest absolute Gasteiger partial charge is 0.488 e. The van der Waals surface area contributed by atoms with Crippen LogP contribution in [0.4, 0.5) is 11.4 Å². The number of hydrogen-bond acceptors (Lipinski definition) is 8. The molecule has 0 fully saturated rings. The molecule has 6 N–H and O–H groups in total. The van der Waals surface area contributed by atoms with Gasteiger partial charge in [0, 0.05) is 35.7 Å². The van der Waals surface area contributed by atoms with E-state index in [1.807, 2.05) is 0 Å². The maximum Gasteiger partial charge on any atom is 0.488 e. The van der Waals surface area contributed by atoms with Crippen LogP contribution in [0.25, 0.3) is 0 Å². The van der Waals surface area contributed by atoms with Gasteiger partial charge in [-0.1, -0.05) is 45.9 Å². The van der Waals surface area contributed by atoms with E-state index in [0.717, 1.165) is 11.5 Å². The van der Waals surface area contributed by atoms with Crippen LogP contribution < -0.4 is 21.6 Å². The highest BCUT2D eigenvalue weighted by molar-refractivity contribution is 8.76. The van der Waals surface area contributed by atoms with Gasteiger partial charge in [-0.05, 0) is 48.0 Å². The third-order valence-corrected chi connectivity index (χ3v) is 6.86. The molecule has 0 aliphatic rings. The molecule has 0 aromatic heterocycles. The Kier molecular flexibility index (Phi) is 11.7. The molecular formula is C20H26B2N2O6S2. The molecule has 0 bridgehead atoms. The van der Waals surface area contributed by atoms with Gasteiger partial charge in [-0.2, -0.15) is 0 Å². The molecule has 0 spiro atoms. The Morgan fingerprint density at radius 2 is 1.12 bits per heavy atom. The van der Waals surface area contributed by atoms with E-state index in [9.17, 15) is 9.59 Å². The normalized spacial score (nSPS) is 10.5. The van der Waals surface area contributed by atoms with Crippen molar-refractivity contribution in [3.63, 3.8) is 0 Å². The molecule has 0 heterocycles. The predicted molar refractivity (Wildman–Crippen MR) is 133 cm³/mol. The van der Waals surface area contributed by atoms with Gasteiger partial charge in [-0.3, -0.25) is 9.59 Å². The van der Waals surface area contributed by atoms with Gasteiger partial charge >= 0.3 is 14.2 Å². The summed E-state index contributed by atoms with van der Waals surface area (Å²) in [6.07, 6.45) is 2.14. The van der Waals surface area contributed by atoms with Crippen molar-refractivity contribution in [1.82, 2.24) is 0 Å². The van der Waals surface area contributed by atoms with Crippen LogP contribution in [0.5, 0.6) is 0 Å². The van der Waals surface area contributed by atoms with Crippen molar-refractivity contribution >= 4 is 69.9 Å². The van der Waals surface area contributed by atoms with Crippen molar-refractivity contribution in [1.29, 1.82) is 0 Å². The first-order valence-corrected chi connectivity index (χ1v) is 12.6. The fraction of sp³-hybridized carbons (Fsp3) is 0.300. The Morgan fingerprint density at radius 1 is 0.719 bits per heavy atom. The number of carbonyl (C=O) groups is 2. The van der Waals surface area contributed by atoms with E-state index in [2.05, 4.69) is 10.6 Å². The highest BCUT2D eigenvalue weighted by Crippen LogP contribution is 2.24. The lowest BCUT2D eigenvalue weighted by atomic mass is 9.80. The summed E-state index contributed by atoms with van der Waals surface area (Å²) in [4.78, 5) is 24.0. The van der Waals surface area contributed by atoms with Gasteiger partial charge in [-0.25, -0.2) is 0 Å². The van der Waals surface area contributed by atoms with Crippen molar-refractivity contribution in [3.8, 4) is 0 Å². The average Bonchev–Trinajstić information content (AvgIpc) is 2.75. The van der Waals surface area contributed by atoms with Crippen molar-refractivity contribution in [3.05, 3.63) is 48.5 Å². The van der Waals surface area contributed by atoms with Gasteiger partial charge in [0.05, 0.1) is 0 Å². The van der Waals surface area contributed by atoms with E-state index >= 15 is 0 Å². The molecule has 0 saturated heterocycles. The van der Waals surface area contributed by atoms with Crippen LogP contribution in [-0.2, 0) is 9.59 Å². The van der Waals surface area contributed by atoms with E-state index < -0.39 is 14.2 Å². The molecule has 2 aromatic rings. The van der Waals surface area contributed by atoms with Crippen LogP contribution in [0.15, 0.2) is 48.5 Å². The molecule has 170 valence electrons. The van der Waals surface area contributed by atoms with Gasteiger partial charge in [0.2, 0.25) is 11.8 Å². The zero-order valence-electron chi connectivity index (χ0n) is 17.4. The molecule has 2 amide bonds. The lowest BCUT2D eigenvalue weighted by Crippen LogP contribution is -2.30. The second-order valence-corrected chi connectivity index (χ2v) is 9.65. The Morgan fingerprint density at radius 3 is 1.50 bits per heavy atom. The Hall–Kier alpha value is -1.95. The van der Waals surface area contributed by atoms with Crippen LogP contribution in [-0.4, -0.2) is 57.7 Å². The summed E-state index contributed by atoms with van der Waals surface area (Å²) in [7, 11) is 0.161. The number of hydrogen-bond donors (Lipinski definition) is 6. The number of benzene rings is 2. The van der Waals surface area contributed by atoms with Gasteiger partial charge in [0.15, 0.2) is 0 Å². The average molecular weight is 476 g/mol. The lowest BCUT2D eigenvalue weighted by Gasteiger charge is -2.08. The highest BCUT2D eigenvalue weighted by atomic mass is 33.1. The molecule has 2 aromatic carbocycles. The van der Waals surface area contributed by atoms with E-state index in [1.54, 1.807) is 58.0 Å². The smallest absolute Gasteiger partial charge is 0.423 e. The molecule has 2 rings (SSSR count). The minimum Gasteiger partial charge on any atom is -0.423 e. The van der Waals surface area contributed by atoms with Crippen LogP contribution in [0.3, 0.4) is 0 Å². The molecule has 0 unspecified atom stereocenters. The number of anilines is 2. The van der Waals surface area contributed by atoms with E-state index in [1.165, 1.54) is 12.1 Å².